The largest absolute Gasteiger partial charge is 0.497 e. The van der Waals surface area contributed by atoms with E-state index in [2.05, 4.69) is 20.3 Å². The summed E-state index contributed by atoms with van der Waals surface area (Å²) < 4.78 is 58.4. The molecule has 0 saturated carbocycles. The molecule has 39 heavy (non-hydrogen) atoms. The Morgan fingerprint density at radius 2 is 1.85 bits per heavy atom. The number of anilines is 1. The molecule has 0 aliphatic carbocycles. The van der Waals surface area contributed by atoms with E-state index >= 15 is 0 Å². The van der Waals surface area contributed by atoms with Gasteiger partial charge in [0, 0.05) is 13.2 Å². The third-order valence-corrected chi connectivity index (χ3v) is 5.41. The van der Waals surface area contributed by atoms with Gasteiger partial charge in [-0.15, -0.1) is 0 Å². The Bertz CT molecular complexity index is 1570. The normalized spacial score (nSPS) is 11.0. The molecule has 0 aliphatic rings. The highest BCUT2D eigenvalue weighted by Gasteiger charge is 2.39. The lowest BCUT2D eigenvalue weighted by molar-refractivity contribution is -0.142. The van der Waals surface area contributed by atoms with Crippen LogP contribution < -0.4 is 25.1 Å². The first-order valence-electron chi connectivity index (χ1n) is 11.4. The average molecular weight is 538 g/mol. The molecule has 0 radical (unpaired) electrons. The van der Waals surface area contributed by atoms with Gasteiger partial charge in [0.1, 0.15) is 24.2 Å². The van der Waals surface area contributed by atoms with Crippen LogP contribution in [0.5, 0.6) is 23.1 Å². The van der Waals surface area contributed by atoms with Gasteiger partial charge >= 0.3 is 6.18 Å². The number of hydrogen-bond acceptors (Lipinski definition) is 9. The summed E-state index contributed by atoms with van der Waals surface area (Å²) in [5.74, 6) is -0.273. The summed E-state index contributed by atoms with van der Waals surface area (Å²) in [6.07, 6.45) is -2.84. The van der Waals surface area contributed by atoms with Gasteiger partial charge in [-0.3, -0.25) is 9.36 Å². The molecule has 0 atom stereocenters. The molecule has 1 N–H and O–H groups in total. The first kappa shape index (κ1) is 26.9. The summed E-state index contributed by atoms with van der Waals surface area (Å²) in [6.45, 7) is -0.168. The van der Waals surface area contributed by atoms with Crippen LogP contribution in [0.4, 0.5) is 19.1 Å². The van der Waals surface area contributed by atoms with Crippen LogP contribution in [0, 0.1) is 11.3 Å². The Balaban J connectivity index is 1.69. The van der Waals surface area contributed by atoms with Gasteiger partial charge in [-0.05, 0) is 29.8 Å². The van der Waals surface area contributed by atoms with Gasteiger partial charge in [-0.2, -0.15) is 23.4 Å². The summed E-state index contributed by atoms with van der Waals surface area (Å²) in [7, 11) is 3.16. The molecule has 2 aromatic heterocycles. The van der Waals surface area contributed by atoms with E-state index in [9.17, 15) is 23.2 Å². The zero-order valence-corrected chi connectivity index (χ0v) is 20.7. The second-order valence-corrected chi connectivity index (χ2v) is 7.97. The first-order chi connectivity index (χ1) is 18.7. The van der Waals surface area contributed by atoms with Crippen molar-refractivity contribution in [1.82, 2.24) is 19.5 Å². The molecule has 2 aromatic carbocycles. The predicted octanol–water partition coefficient (Wildman–Crippen LogP) is 4.39. The zero-order chi connectivity index (χ0) is 28.0. The maximum Gasteiger partial charge on any atom is 0.437 e. The van der Waals surface area contributed by atoms with Crippen molar-refractivity contribution in [3.8, 4) is 29.2 Å². The van der Waals surface area contributed by atoms with Gasteiger partial charge in [-0.25, -0.2) is 9.97 Å². The lowest BCUT2D eigenvalue weighted by Gasteiger charge is -2.16. The van der Waals surface area contributed by atoms with Gasteiger partial charge in [0.05, 0.1) is 31.1 Å². The van der Waals surface area contributed by atoms with Crippen molar-refractivity contribution in [3.05, 3.63) is 93.8 Å². The second-order valence-electron chi connectivity index (χ2n) is 7.97. The van der Waals surface area contributed by atoms with Crippen molar-refractivity contribution in [2.75, 3.05) is 19.5 Å². The smallest absolute Gasteiger partial charge is 0.437 e. The molecule has 0 unspecified atom stereocenters. The van der Waals surface area contributed by atoms with E-state index in [1.54, 1.807) is 38.4 Å². The fourth-order valence-corrected chi connectivity index (χ4v) is 3.44. The fraction of sp³-hybridized carbons (Fsp3) is 0.192. The topological polar surface area (TPSA) is 124 Å². The lowest BCUT2D eigenvalue weighted by atomic mass is 10.2. The van der Waals surface area contributed by atoms with Crippen LogP contribution in [0.15, 0.2) is 65.8 Å². The van der Waals surface area contributed by atoms with E-state index in [0.717, 1.165) is 16.5 Å². The number of nitriles is 1. The number of halogens is 3. The van der Waals surface area contributed by atoms with Crippen molar-refractivity contribution < 1.29 is 27.4 Å². The standard InChI is InChI=1S/C26H21F3N6O4/c1-31-25-32-12-18(23(34-25)38-14-16-7-9-19(37-2)10-8-16)13-35-15-33-22(26(27,28)29)21(24(35)36)39-20-6-4-3-5-17(20)11-30/h3-10,12,15H,13-14H2,1-2H3,(H,31,32,34). The maximum absolute atomic E-state index is 13.7. The number of nitrogens with one attached hydrogen (secondary N) is 1. The maximum atomic E-state index is 13.7. The van der Waals surface area contributed by atoms with Crippen LogP contribution in [-0.4, -0.2) is 33.7 Å². The summed E-state index contributed by atoms with van der Waals surface area (Å²) in [4.78, 5) is 25.1. The number of rotatable bonds is 9. The third-order valence-electron chi connectivity index (χ3n) is 5.41. The summed E-state index contributed by atoms with van der Waals surface area (Å²) in [6, 6.07) is 14.5. The minimum absolute atomic E-state index is 0.0503. The number of alkyl halides is 3. The van der Waals surface area contributed by atoms with Gasteiger partial charge in [0.15, 0.2) is 5.69 Å². The van der Waals surface area contributed by atoms with Crippen LogP contribution >= 0.6 is 0 Å². The highest BCUT2D eigenvalue weighted by atomic mass is 19.4. The first-order valence-corrected chi connectivity index (χ1v) is 11.4. The fourth-order valence-electron chi connectivity index (χ4n) is 3.44. The van der Waals surface area contributed by atoms with Gasteiger partial charge in [-0.1, -0.05) is 24.3 Å². The molecule has 0 bridgehead atoms. The van der Waals surface area contributed by atoms with E-state index in [-0.39, 0.29) is 36.3 Å². The Kier molecular flexibility index (Phi) is 7.95. The van der Waals surface area contributed by atoms with Gasteiger partial charge in [0.25, 0.3) is 5.56 Å². The number of benzene rings is 2. The zero-order valence-electron chi connectivity index (χ0n) is 20.7. The van der Waals surface area contributed by atoms with E-state index in [1.807, 2.05) is 6.07 Å². The molecule has 0 saturated heterocycles. The third kappa shape index (κ3) is 6.24. The Labute approximate surface area is 220 Å². The summed E-state index contributed by atoms with van der Waals surface area (Å²) in [5.41, 5.74) is -1.59. The van der Waals surface area contributed by atoms with Crippen LogP contribution in [0.2, 0.25) is 0 Å². The van der Waals surface area contributed by atoms with Gasteiger partial charge < -0.3 is 19.5 Å². The molecule has 4 rings (SSSR count). The van der Waals surface area contributed by atoms with Crippen molar-refractivity contribution in [2.24, 2.45) is 0 Å². The molecule has 13 heteroatoms. The highest BCUT2D eigenvalue weighted by molar-refractivity contribution is 5.45. The van der Waals surface area contributed by atoms with Crippen molar-refractivity contribution in [3.63, 3.8) is 0 Å². The van der Waals surface area contributed by atoms with E-state index in [1.165, 1.54) is 30.5 Å². The Morgan fingerprint density at radius 3 is 2.51 bits per heavy atom. The molecule has 0 amide bonds. The Hall–Kier alpha value is -5.12. The second kappa shape index (κ2) is 11.5. The molecule has 0 spiro atoms. The monoisotopic (exact) mass is 538 g/mol. The SMILES string of the molecule is CNc1ncc(Cn2cnc(C(F)(F)F)c(Oc3ccccc3C#N)c2=O)c(OCc2ccc(OC)cc2)n1. The predicted molar refractivity (Wildman–Crippen MR) is 133 cm³/mol. The number of hydrogen-bond donors (Lipinski definition) is 1. The number of para-hydroxylation sites is 1. The molecule has 0 fully saturated rings. The van der Waals surface area contributed by atoms with Crippen molar-refractivity contribution >= 4 is 5.95 Å². The molecule has 0 aliphatic heterocycles. The van der Waals surface area contributed by atoms with E-state index < -0.39 is 23.2 Å². The van der Waals surface area contributed by atoms with Gasteiger partial charge in [0.2, 0.25) is 17.6 Å². The van der Waals surface area contributed by atoms with E-state index in [4.69, 9.17) is 14.2 Å². The minimum atomic E-state index is -4.99. The van der Waals surface area contributed by atoms with Crippen molar-refractivity contribution in [1.29, 1.82) is 5.26 Å². The average Bonchev–Trinajstić information content (AvgIpc) is 2.94. The van der Waals surface area contributed by atoms with E-state index in [0.29, 0.717) is 11.3 Å². The quantitative estimate of drug-likeness (QED) is 0.330. The van der Waals surface area contributed by atoms with Crippen LogP contribution in [0.25, 0.3) is 0 Å². The molecule has 4 aromatic rings. The number of ether oxygens (including phenoxy) is 3. The molecular formula is C26H21F3N6O4. The summed E-state index contributed by atoms with van der Waals surface area (Å²) >= 11 is 0. The van der Waals surface area contributed by atoms with Crippen molar-refractivity contribution in [2.45, 2.75) is 19.3 Å². The molecule has 2 heterocycles. The number of nitrogens with zero attached hydrogens (tertiary/aromatic N) is 5. The van der Waals surface area contributed by atoms with Crippen LogP contribution in [0.1, 0.15) is 22.4 Å². The Morgan fingerprint density at radius 1 is 1.10 bits per heavy atom. The minimum Gasteiger partial charge on any atom is -0.497 e. The van der Waals surface area contributed by atoms with Crippen LogP contribution in [0.3, 0.4) is 0 Å². The molecular weight excluding hydrogens is 517 g/mol. The molecule has 10 nitrogen and oxygen atoms in total. The van der Waals surface area contributed by atoms with Crippen LogP contribution in [-0.2, 0) is 19.3 Å². The number of methoxy groups -OCH3 is 1. The summed E-state index contributed by atoms with van der Waals surface area (Å²) in [5, 5.41) is 12.1. The lowest BCUT2D eigenvalue weighted by Crippen LogP contribution is -2.27. The highest BCUT2D eigenvalue weighted by Crippen LogP contribution is 2.35. The number of aromatic nitrogens is 4. The molecule has 200 valence electrons.